The van der Waals surface area contributed by atoms with Crippen molar-refractivity contribution in [2.24, 2.45) is 0 Å². The number of halogens is 2. The highest BCUT2D eigenvalue weighted by Crippen LogP contribution is 2.26. The van der Waals surface area contributed by atoms with Gasteiger partial charge < -0.3 is 4.90 Å². The van der Waals surface area contributed by atoms with Crippen LogP contribution in [-0.4, -0.2) is 23.9 Å². The SMILES string of the molecule is O=C(C(Cl)c1cccc(Cl)c1)N1CCCC1. The molecule has 0 spiro atoms. The number of nitrogens with zero attached hydrogens (tertiary/aromatic N) is 1. The molecule has 0 N–H and O–H groups in total. The van der Waals surface area contributed by atoms with E-state index in [1.54, 1.807) is 12.1 Å². The minimum atomic E-state index is -0.614. The lowest BCUT2D eigenvalue weighted by molar-refractivity contribution is -0.129. The lowest BCUT2D eigenvalue weighted by Crippen LogP contribution is -2.30. The van der Waals surface area contributed by atoms with E-state index < -0.39 is 5.38 Å². The van der Waals surface area contributed by atoms with Crippen molar-refractivity contribution in [1.82, 2.24) is 4.90 Å². The van der Waals surface area contributed by atoms with Gasteiger partial charge in [-0.2, -0.15) is 0 Å². The van der Waals surface area contributed by atoms with E-state index in [1.165, 1.54) is 0 Å². The second-order valence-electron chi connectivity index (χ2n) is 3.95. The van der Waals surface area contributed by atoms with Crippen molar-refractivity contribution in [3.8, 4) is 0 Å². The van der Waals surface area contributed by atoms with E-state index in [4.69, 9.17) is 23.2 Å². The van der Waals surface area contributed by atoms with Crippen molar-refractivity contribution < 1.29 is 4.79 Å². The van der Waals surface area contributed by atoms with Gasteiger partial charge in [0.25, 0.3) is 0 Å². The first kappa shape index (κ1) is 11.7. The van der Waals surface area contributed by atoms with Gasteiger partial charge in [-0.15, -0.1) is 11.6 Å². The Morgan fingerprint density at radius 1 is 1.31 bits per heavy atom. The molecule has 0 saturated carbocycles. The Bertz CT molecular complexity index is 388. The van der Waals surface area contributed by atoms with Crippen LogP contribution in [0.1, 0.15) is 23.8 Å². The zero-order valence-corrected chi connectivity index (χ0v) is 10.3. The zero-order chi connectivity index (χ0) is 11.5. The van der Waals surface area contributed by atoms with Gasteiger partial charge in [0.2, 0.25) is 5.91 Å². The first-order valence-electron chi connectivity index (χ1n) is 5.37. The number of alkyl halides is 1. The topological polar surface area (TPSA) is 20.3 Å². The number of rotatable bonds is 2. The molecular weight excluding hydrogens is 245 g/mol. The third-order valence-corrected chi connectivity index (χ3v) is 3.45. The van der Waals surface area contributed by atoms with E-state index in [0.29, 0.717) is 5.02 Å². The maximum Gasteiger partial charge on any atom is 0.245 e. The number of carbonyl (C=O) groups excluding carboxylic acids is 1. The molecule has 2 rings (SSSR count). The molecule has 0 aromatic heterocycles. The Kier molecular flexibility index (Phi) is 3.72. The summed E-state index contributed by atoms with van der Waals surface area (Å²) in [5, 5.41) is -0.00540. The maximum absolute atomic E-state index is 12.0. The zero-order valence-electron chi connectivity index (χ0n) is 8.83. The first-order valence-corrected chi connectivity index (χ1v) is 6.18. The van der Waals surface area contributed by atoms with Gasteiger partial charge >= 0.3 is 0 Å². The van der Waals surface area contributed by atoms with Gasteiger partial charge in [0, 0.05) is 18.1 Å². The molecular formula is C12H13Cl2NO. The van der Waals surface area contributed by atoms with Crippen molar-refractivity contribution in [2.45, 2.75) is 18.2 Å². The fourth-order valence-corrected chi connectivity index (χ4v) is 2.38. The molecule has 2 nitrogen and oxygen atoms in total. The molecule has 1 fully saturated rings. The molecule has 1 atom stereocenters. The number of hydrogen-bond acceptors (Lipinski definition) is 1. The number of amides is 1. The van der Waals surface area contributed by atoms with E-state index in [-0.39, 0.29) is 5.91 Å². The molecule has 4 heteroatoms. The van der Waals surface area contributed by atoms with Crippen LogP contribution in [-0.2, 0) is 4.79 Å². The fraction of sp³-hybridized carbons (Fsp3) is 0.417. The summed E-state index contributed by atoms with van der Waals surface area (Å²) >= 11 is 12.0. The van der Waals surface area contributed by atoms with Gasteiger partial charge in [-0.3, -0.25) is 4.79 Å². The molecule has 0 radical (unpaired) electrons. The van der Waals surface area contributed by atoms with Gasteiger partial charge in [0.05, 0.1) is 0 Å². The molecule has 1 heterocycles. The maximum atomic E-state index is 12.0. The van der Waals surface area contributed by atoms with Gasteiger partial charge in [0.15, 0.2) is 0 Å². The van der Waals surface area contributed by atoms with E-state index in [2.05, 4.69) is 0 Å². The summed E-state index contributed by atoms with van der Waals surface area (Å²) in [6.07, 6.45) is 2.15. The highest BCUT2D eigenvalue weighted by atomic mass is 35.5. The molecule has 1 aliphatic rings. The summed E-state index contributed by atoms with van der Waals surface area (Å²) < 4.78 is 0. The van der Waals surface area contributed by atoms with E-state index >= 15 is 0 Å². The van der Waals surface area contributed by atoms with Crippen LogP contribution < -0.4 is 0 Å². The molecule has 1 amide bonds. The van der Waals surface area contributed by atoms with Crippen molar-refractivity contribution in [3.63, 3.8) is 0 Å². The quantitative estimate of drug-likeness (QED) is 0.746. The molecule has 1 aromatic carbocycles. The lowest BCUT2D eigenvalue weighted by atomic mass is 10.1. The summed E-state index contributed by atoms with van der Waals surface area (Å²) in [6.45, 7) is 1.64. The Labute approximate surface area is 105 Å². The van der Waals surface area contributed by atoms with Crippen LogP contribution in [0.5, 0.6) is 0 Å². The molecule has 1 aliphatic heterocycles. The highest BCUT2D eigenvalue weighted by molar-refractivity contribution is 6.32. The van der Waals surface area contributed by atoms with E-state index in [9.17, 15) is 4.79 Å². The van der Waals surface area contributed by atoms with Crippen molar-refractivity contribution in [3.05, 3.63) is 34.9 Å². The van der Waals surface area contributed by atoms with Crippen LogP contribution in [0.4, 0.5) is 0 Å². The predicted molar refractivity (Wildman–Crippen MR) is 65.9 cm³/mol. The first-order chi connectivity index (χ1) is 7.68. The Balaban J connectivity index is 2.11. The normalized spacial score (nSPS) is 17.5. The monoisotopic (exact) mass is 257 g/mol. The summed E-state index contributed by atoms with van der Waals surface area (Å²) in [4.78, 5) is 13.8. The summed E-state index contributed by atoms with van der Waals surface area (Å²) in [5.41, 5.74) is 0.770. The molecule has 0 bridgehead atoms. The number of likely N-dealkylation sites (tertiary alicyclic amines) is 1. The standard InChI is InChI=1S/C12H13Cl2NO/c13-10-5-3-4-9(8-10)11(14)12(16)15-6-1-2-7-15/h3-5,8,11H,1-2,6-7H2. The minimum absolute atomic E-state index is 0.0126. The van der Waals surface area contributed by atoms with Gasteiger partial charge in [-0.25, -0.2) is 0 Å². The Morgan fingerprint density at radius 3 is 2.62 bits per heavy atom. The number of benzene rings is 1. The lowest BCUT2D eigenvalue weighted by Gasteiger charge is -2.19. The van der Waals surface area contributed by atoms with Gasteiger partial charge in [0.1, 0.15) is 5.38 Å². The summed E-state index contributed by atoms with van der Waals surface area (Å²) in [6, 6.07) is 7.16. The van der Waals surface area contributed by atoms with E-state index in [1.807, 2.05) is 17.0 Å². The van der Waals surface area contributed by atoms with Crippen LogP contribution in [0, 0.1) is 0 Å². The van der Waals surface area contributed by atoms with Crippen molar-refractivity contribution in [2.75, 3.05) is 13.1 Å². The fourth-order valence-electron chi connectivity index (χ4n) is 1.90. The smallest absolute Gasteiger partial charge is 0.245 e. The Morgan fingerprint density at radius 2 is 2.00 bits per heavy atom. The van der Waals surface area contributed by atoms with Crippen molar-refractivity contribution >= 4 is 29.1 Å². The van der Waals surface area contributed by atoms with Crippen LogP contribution >= 0.6 is 23.2 Å². The molecule has 1 unspecified atom stereocenters. The van der Waals surface area contributed by atoms with Crippen LogP contribution in [0.25, 0.3) is 0 Å². The predicted octanol–water partition coefficient (Wildman–Crippen LogP) is 3.24. The largest absolute Gasteiger partial charge is 0.341 e. The average molecular weight is 258 g/mol. The van der Waals surface area contributed by atoms with Crippen LogP contribution in [0.2, 0.25) is 5.02 Å². The molecule has 1 saturated heterocycles. The minimum Gasteiger partial charge on any atom is -0.341 e. The molecule has 86 valence electrons. The summed E-state index contributed by atoms with van der Waals surface area (Å²) in [5.74, 6) is -0.0126. The number of carbonyl (C=O) groups is 1. The van der Waals surface area contributed by atoms with Gasteiger partial charge in [-0.05, 0) is 30.5 Å². The third kappa shape index (κ3) is 2.50. The van der Waals surface area contributed by atoms with Crippen LogP contribution in [0.15, 0.2) is 24.3 Å². The average Bonchev–Trinajstić information content (AvgIpc) is 2.80. The Hall–Kier alpha value is -0.730. The number of hydrogen-bond donors (Lipinski definition) is 0. The second kappa shape index (κ2) is 5.07. The van der Waals surface area contributed by atoms with Crippen molar-refractivity contribution in [1.29, 1.82) is 0 Å². The molecule has 1 aromatic rings. The highest BCUT2D eigenvalue weighted by Gasteiger charge is 2.25. The van der Waals surface area contributed by atoms with Crippen LogP contribution in [0.3, 0.4) is 0 Å². The third-order valence-electron chi connectivity index (χ3n) is 2.78. The summed E-state index contributed by atoms with van der Waals surface area (Å²) in [7, 11) is 0. The van der Waals surface area contributed by atoms with Gasteiger partial charge in [-0.1, -0.05) is 23.7 Å². The molecule has 16 heavy (non-hydrogen) atoms. The molecule has 0 aliphatic carbocycles. The van der Waals surface area contributed by atoms with E-state index in [0.717, 1.165) is 31.5 Å². The second-order valence-corrected chi connectivity index (χ2v) is 4.82.